The van der Waals surface area contributed by atoms with Gasteiger partial charge in [-0.3, -0.25) is 14.4 Å². The van der Waals surface area contributed by atoms with E-state index < -0.39 is 17.1 Å². The fraction of sp³-hybridized carbons (Fsp3) is 0.194. The minimum Gasteiger partial charge on any atom is -0.497 e. The summed E-state index contributed by atoms with van der Waals surface area (Å²) in [5.74, 6) is 0.790. The normalized spacial score (nSPS) is 11.6. The molecule has 4 rings (SSSR count). The van der Waals surface area contributed by atoms with Crippen LogP contribution in [0.3, 0.4) is 0 Å². The quantitative estimate of drug-likeness (QED) is 0.102. The molecule has 4 aromatic rings. The van der Waals surface area contributed by atoms with Crippen LogP contribution in [0.5, 0.6) is 23.0 Å². The smallest absolute Gasteiger partial charge is 0.272 e. The Bertz CT molecular complexity index is 1720. The molecule has 0 fully saturated rings. The molecule has 1 atom stereocenters. The van der Waals surface area contributed by atoms with Crippen molar-refractivity contribution in [3.8, 4) is 23.0 Å². The van der Waals surface area contributed by atoms with E-state index in [0.29, 0.717) is 51.9 Å². The average Bonchev–Trinajstić information content (AvgIpc) is 3.10. The first-order chi connectivity index (χ1) is 22.8. The first-order valence-electron chi connectivity index (χ1n) is 14.7. The van der Waals surface area contributed by atoms with E-state index in [2.05, 4.69) is 16.0 Å². The highest BCUT2D eigenvalue weighted by Gasteiger charge is 2.21. The van der Waals surface area contributed by atoms with E-state index in [1.807, 2.05) is 13.0 Å². The van der Waals surface area contributed by atoms with Crippen LogP contribution < -0.4 is 34.9 Å². The summed E-state index contributed by atoms with van der Waals surface area (Å²) in [4.78, 5) is 40.8. The predicted octanol–water partition coefficient (Wildman–Crippen LogP) is 6.64. The Balaban J connectivity index is 1.55. The summed E-state index contributed by atoms with van der Waals surface area (Å²) < 4.78 is 21.6. The van der Waals surface area contributed by atoms with Gasteiger partial charge in [0.1, 0.15) is 17.2 Å². The van der Waals surface area contributed by atoms with Crippen molar-refractivity contribution >= 4 is 46.9 Å². The zero-order valence-electron chi connectivity index (χ0n) is 26.8. The van der Waals surface area contributed by atoms with E-state index in [1.165, 1.54) is 32.1 Å². The minimum atomic E-state index is -0.557. The summed E-state index contributed by atoms with van der Waals surface area (Å²) in [6.07, 6.45) is 2.08. The molecular formula is C36H37N3O7S. The van der Waals surface area contributed by atoms with E-state index in [9.17, 15) is 14.4 Å². The van der Waals surface area contributed by atoms with Crippen molar-refractivity contribution in [2.45, 2.75) is 23.5 Å². The molecule has 0 bridgehead atoms. The molecule has 0 aliphatic carbocycles. The second-order valence-electron chi connectivity index (χ2n) is 10.0. The zero-order chi connectivity index (χ0) is 33.8. The van der Waals surface area contributed by atoms with Gasteiger partial charge in [0, 0.05) is 45.6 Å². The number of thioether (sulfide) groups is 1. The topological polar surface area (TPSA) is 124 Å². The fourth-order valence-electron chi connectivity index (χ4n) is 4.56. The van der Waals surface area contributed by atoms with Crippen molar-refractivity contribution in [1.29, 1.82) is 0 Å². The average molecular weight is 656 g/mol. The highest BCUT2D eigenvalue weighted by molar-refractivity contribution is 8.00. The van der Waals surface area contributed by atoms with E-state index in [4.69, 9.17) is 18.9 Å². The number of hydrogen-bond acceptors (Lipinski definition) is 8. The lowest BCUT2D eigenvalue weighted by Crippen LogP contribution is -2.30. The van der Waals surface area contributed by atoms with Crippen LogP contribution in [0.25, 0.3) is 6.08 Å². The van der Waals surface area contributed by atoms with Gasteiger partial charge in [-0.25, -0.2) is 0 Å². The standard InChI is InChI=1S/C36H37N3O7S/c1-6-32(36(42)38-26-19-27(43-2)22-28(20-26)44-3)47-29-16-11-15-25(21-29)37-35(41)30(39-34(40)23-12-8-7-9-13-23)18-24-14-10-17-31(45-4)33(24)46-5/h7-22,32H,6H2,1-5H3,(H,37,41)(H,38,42)(H,39,40)/b30-18+. The van der Waals surface area contributed by atoms with Crippen molar-refractivity contribution in [2.24, 2.45) is 0 Å². The molecule has 0 heterocycles. The van der Waals surface area contributed by atoms with Crippen LogP contribution in [-0.4, -0.2) is 51.4 Å². The maximum Gasteiger partial charge on any atom is 0.272 e. The fourth-order valence-corrected chi connectivity index (χ4v) is 5.57. The summed E-state index contributed by atoms with van der Waals surface area (Å²) in [6.45, 7) is 1.92. The SMILES string of the molecule is CCC(Sc1cccc(NC(=O)/C(=C\c2cccc(OC)c2OC)NC(=O)c2ccccc2)c1)C(=O)Nc1cc(OC)cc(OC)c1. The monoisotopic (exact) mass is 655 g/mol. The van der Waals surface area contributed by atoms with Crippen LogP contribution in [0.4, 0.5) is 11.4 Å². The molecular weight excluding hydrogens is 618 g/mol. The number of carbonyl (C=O) groups excluding carboxylic acids is 3. The molecule has 1 unspecified atom stereocenters. The molecule has 0 saturated heterocycles. The molecule has 3 amide bonds. The van der Waals surface area contributed by atoms with Gasteiger partial charge in [0.05, 0.1) is 33.7 Å². The van der Waals surface area contributed by atoms with E-state index in [0.717, 1.165) is 4.90 Å². The van der Waals surface area contributed by atoms with Gasteiger partial charge in [0.2, 0.25) is 5.91 Å². The Morgan fingerprint density at radius 1 is 0.745 bits per heavy atom. The second kappa shape index (κ2) is 16.8. The third-order valence-corrected chi connectivity index (χ3v) is 8.27. The lowest BCUT2D eigenvalue weighted by molar-refractivity contribution is -0.116. The first kappa shape index (κ1) is 34.5. The van der Waals surface area contributed by atoms with Gasteiger partial charge in [0.25, 0.3) is 11.8 Å². The van der Waals surface area contributed by atoms with E-state index >= 15 is 0 Å². The van der Waals surface area contributed by atoms with Gasteiger partial charge in [0.15, 0.2) is 11.5 Å². The summed E-state index contributed by atoms with van der Waals surface area (Å²) in [6, 6.07) is 26.1. The van der Waals surface area contributed by atoms with Gasteiger partial charge in [-0.1, -0.05) is 43.3 Å². The predicted molar refractivity (Wildman–Crippen MR) is 185 cm³/mol. The van der Waals surface area contributed by atoms with Gasteiger partial charge in [-0.15, -0.1) is 11.8 Å². The van der Waals surface area contributed by atoms with Crippen LogP contribution in [0.2, 0.25) is 0 Å². The minimum absolute atomic E-state index is 0.0111. The zero-order valence-corrected chi connectivity index (χ0v) is 27.6. The van der Waals surface area contributed by atoms with Gasteiger partial charge < -0.3 is 34.9 Å². The second-order valence-corrected chi connectivity index (χ2v) is 11.3. The highest BCUT2D eigenvalue weighted by Crippen LogP contribution is 2.33. The number of benzene rings is 4. The molecule has 11 heteroatoms. The van der Waals surface area contributed by atoms with Gasteiger partial charge in [-0.05, 0) is 48.9 Å². The number of nitrogens with one attached hydrogen (secondary N) is 3. The van der Waals surface area contributed by atoms with Gasteiger partial charge >= 0.3 is 0 Å². The number of anilines is 2. The number of methoxy groups -OCH3 is 4. The number of hydrogen-bond donors (Lipinski definition) is 3. The maximum atomic E-state index is 13.7. The van der Waals surface area contributed by atoms with Crippen molar-refractivity contribution in [3.05, 3.63) is 108 Å². The number of carbonyl (C=O) groups is 3. The van der Waals surface area contributed by atoms with Gasteiger partial charge in [-0.2, -0.15) is 0 Å². The molecule has 0 saturated carbocycles. The molecule has 0 radical (unpaired) electrons. The van der Waals surface area contributed by atoms with E-state index in [-0.39, 0.29) is 11.6 Å². The molecule has 0 spiro atoms. The van der Waals surface area contributed by atoms with Crippen molar-refractivity contribution < 1.29 is 33.3 Å². The third-order valence-electron chi connectivity index (χ3n) is 6.91. The Kier molecular flexibility index (Phi) is 12.3. The van der Waals surface area contributed by atoms with Crippen LogP contribution in [0.1, 0.15) is 29.3 Å². The summed E-state index contributed by atoms with van der Waals surface area (Å²) >= 11 is 1.36. The summed E-state index contributed by atoms with van der Waals surface area (Å²) in [5, 5.41) is 8.12. The van der Waals surface area contributed by atoms with Crippen LogP contribution in [-0.2, 0) is 9.59 Å². The largest absolute Gasteiger partial charge is 0.497 e. The number of para-hydroxylation sites is 1. The number of rotatable bonds is 14. The number of ether oxygens (including phenoxy) is 4. The maximum absolute atomic E-state index is 13.7. The summed E-state index contributed by atoms with van der Waals surface area (Å²) in [7, 11) is 6.10. The lowest BCUT2D eigenvalue weighted by atomic mass is 10.1. The Morgan fingerprint density at radius 2 is 1.45 bits per heavy atom. The van der Waals surface area contributed by atoms with Crippen molar-refractivity contribution in [3.63, 3.8) is 0 Å². The molecule has 47 heavy (non-hydrogen) atoms. The summed E-state index contributed by atoms with van der Waals surface area (Å²) in [5.41, 5.74) is 1.93. The Hall–Kier alpha value is -5.42. The van der Waals surface area contributed by atoms with E-state index in [1.54, 1.807) is 99.1 Å². The number of amides is 3. The molecule has 0 aromatic heterocycles. The molecule has 244 valence electrons. The first-order valence-corrected chi connectivity index (χ1v) is 15.6. The molecule has 4 aromatic carbocycles. The Labute approximate surface area is 278 Å². The highest BCUT2D eigenvalue weighted by atomic mass is 32.2. The van der Waals surface area contributed by atoms with Crippen molar-refractivity contribution in [2.75, 3.05) is 39.1 Å². The third kappa shape index (κ3) is 9.30. The molecule has 0 aliphatic heterocycles. The van der Waals surface area contributed by atoms with Crippen LogP contribution in [0, 0.1) is 0 Å². The molecule has 0 aliphatic rings. The molecule has 3 N–H and O–H groups in total. The molecule has 10 nitrogen and oxygen atoms in total. The van der Waals surface area contributed by atoms with Crippen LogP contribution in [0.15, 0.2) is 102 Å². The lowest BCUT2D eigenvalue weighted by Gasteiger charge is -2.17. The van der Waals surface area contributed by atoms with Crippen LogP contribution >= 0.6 is 11.8 Å². The Morgan fingerprint density at radius 3 is 2.09 bits per heavy atom. The van der Waals surface area contributed by atoms with Crippen molar-refractivity contribution in [1.82, 2.24) is 5.32 Å².